The number of hydrogen-bond acceptors (Lipinski definition) is 3. The minimum Gasteiger partial charge on any atom is -0.871 e. The van der Waals surface area contributed by atoms with Crippen LogP contribution in [0.3, 0.4) is 0 Å². The van der Waals surface area contributed by atoms with E-state index >= 15 is 0 Å². The SMILES string of the molecule is CCn1cnc2c1NC(C)C=C2[O-]. The number of hydrogen-bond donors (Lipinski definition) is 1. The highest BCUT2D eigenvalue weighted by Crippen LogP contribution is 2.24. The molecular formula is C9H12N3O-. The molecule has 1 aliphatic rings. The molecule has 1 atom stereocenters. The number of fused-ring (bicyclic) bond motifs is 1. The average Bonchev–Trinajstić information content (AvgIpc) is 2.47. The fourth-order valence-corrected chi connectivity index (χ4v) is 1.52. The van der Waals surface area contributed by atoms with Gasteiger partial charge >= 0.3 is 0 Å². The van der Waals surface area contributed by atoms with Crippen molar-refractivity contribution < 1.29 is 5.11 Å². The van der Waals surface area contributed by atoms with Gasteiger partial charge in [0.1, 0.15) is 5.82 Å². The van der Waals surface area contributed by atoms with Gasteiger partial charge in [-0.05, 0) is 13.8 Å². The van der Waals surface area contributed by atoms with Crippen LogP contribution in [-0.4, -0.2) is 15.6 Å². The van der Waals surface area contributed by atoms with Crippen LogP contribution < -0.4 is 10.4 Å². The van der Waals surface area contributed by atoms with E-state index in [-0.39, 0.29) is 11.8 Å². The maximum atomic E-state index is 11.5. The first-order valence-electron chi connectivity index (χ1n) is 4.43. The first-order chi connectivity index (χ1) is 6.22. The van der Waals surface area contributed by atoms with Gasteiger partial charge in [0, 0.05) is 12.6 Å². The number of nitrogens with zero attached hydrogens (tertiary/aromatic N) is 2. The molecule has 2 rings (SSSR count). The standard InChI is InChI=1S/C9H13N3O/c1-3-12-5-10-8-7(13)4-6(2)11-9(8)12/h4-6,11,13H,3H2,1-2H3/p-1. The summed E-state index contributed by atoms with van der Waals surface area (Å²) >= 11 is 0. The zero-order valence-electron chi connectivity index (χ0n) is 7.74. The lowest BCUT2D eigenvalue weighted by Gasteiger charge is -2.24. The molecule has 0 aromatic carbocycles. The highest BCUT2D eigenvalue weighted by Gasteiger charge is 2.15. The molecule has 0 radical (unpaired) electrons. The van der Waals surface area contributed by atoms with Crippen LogP contribution in [0.25, 0.3) is 5.76 Å². The summed E-state index contributed by atoms with van der Waals surface area (Å²) in [4.78, 5) is 4.06. The van der Waals surface area contributed by atoms with Crippen molar-refractivity contribution in [1.82, 2.24) is 9.55 Å². The normalized spacial score (nSPS) is 20.5. The highest BCUT2D eigenvalue weighted by molar-refractivity contribution is 5.69. The fraction of sp³-hybridized carbons (Fsp3) is 0.444. The molecule has 0 bridgehead atoms. The van der Waals surface area contributed by atoms with Crippen LogP contribution in [0.1, 0.15) is 19.5 Å². The molecule has 13 heavy (non-hydrogen) atoms. The Morgan fingerprint density at radius 1 is 1.69 bits per heavy atom. The molecule has 4 heteroatoms. The lowest BCUT2D eigenvalue weighted by molar-refractivity contribution is -0.244. The molecule has 0 amide bonds. The van der Waals surface area contributed by atoms with Crippen molar-refractivity contribution in [3.63, 3.8) is 0 Å². The molecule has 0 saturated carbocycles. The van der Waals surface area contributed by atoms with Gasteiger partial charge in [-0.25, -0.2) is 4.98 Å². The molecular weight excluding hydrogens is 166 g/mol. The third-order valence-electron chi connectivity index (χ3n) is 2.18. The molecule has 2 heterocycles. The summed E-state index contributed by atoms with van der Waals surface area (Å²) < 4.78 is 1.94. The Morgan fingerprint density at radius 3 is 3.15 bits per heavy atom. The van der Waals surface area contributed by atoms with Crippen LogP contribution in [0.15, 0.2) is 12.4 Å². The van der Waals surface area contributed by atoms with E-state index in [0.717, 1.165) is 12.4 Å². The van der Waals surface area contributed by atoms with Gasteiger partial charge < -0.3 is 15.0 Å². The van der Waals surface area contributed by atoms with Crippen molar-refractivity contribution >= 4 is 11.6 Å². The van der Waals surface area contributed by atoms with Gasteiger partial charge in [0.05, 0.1) is 12.0 Å². The van der Waals surface area contributed by atoms with Gasteiger partial charge in [0.2, 0.25) is 0 Å². The Labute approximate surface area is 76.9 Å². The number of anilines is 1. The van der Waals surface area contributed by atoms with Gasteiger partial charge in [-0.15, -0.1) is 0 Å². The van der Waals surface area contributed by atoms with E-state index < -0.39 is 0 Å². The lowest BCUT2D eigenvalue weighted by atomic mass is 10.2. The third kappa shape index (κ3) is 1.18. The van der Waals surface area contributed by atoms with Crippen LogP contribution in [0.5, 0.6) is 0 Å². The second-order valence-corrected chi connectivity index (χ2v) is 3.19. The molecule has 1 aromatic heterocycles. The van der Waals surface area contributed by atoms with Crippen LogP contribution in [0.2, 0.25) is 0 Å². The lowest BCUT2D eigenvalue weighted by Crippen LogP contribution is -2.23. The Bertz CT molecular complexity index is 354. The minimum absolute atomic E-state index is 0.0217. The maximum Gasteiger partial charge on any atom is 0.133 e. The summed E-state index contributed by atoms with van der Waals surface area (Å²) in [6.07, 6.45) is 3.34. The van der Waals surface area contributed by atoms with E-state index in [2.05, 4.69) is 10.3 Å². The van der Waals surface area contributed by atoms with Crippen molar-refractivity contribution in [2.45, 2.75) is 26.4 Å². The Hall–Kier alpha value is -1.45. The molecule has 0 saturated heterocycles. The van der Waals surface area contributed by atoms with Crippen molar-refractivity contribution in [3.05, 3.63) is 18.1 Å². The van der Waals surface area contributed by atoms with E-state index in [1.807, 2.05) is 18.4 Å². The molecule has 70 valence electrons. The average molecular weight is 178 g/mol. The number of nitrogens with one attached hydrogen (secondary N) is 1. The second-order valence-electron chi connectivity index (χ2n) is 3.19. The monoisotopic (exact) mass is 178 g/mol. The number of rotatable bonds is 1. The van der Waals surface area contributed by atoms with Crippen molar-refractivity contribution in [1.29, 1.82) is 0 Å². The highest BCUT2D eigenvalue weighted by atomic mass is 16.3. The predicted molar refractivity (Wildman–Crippen MR) is 49.0 cm³/mol. The molecule has 1 unspecified atom stereocenters. The Balaban J connectivity index is 2.49. The number of aryl methyl sites for hydroxylation is 1. The molecule has 0 spiro atoms. The van der Waals surface area contributed by atoms with Gasteiger partial charge in [-0.1, -0.05) is 11.8 Å². The van der Waals surface area contributed by atoms with Crippen LogP contribution >= 0.6 is 0 Å². The summed E-state index contributed by atoms with van der Waals surface area (Å²) in [6.45, 7) is 4.81. The van der Waals surface area contributed by atoms with E-state index in [9.17, 15) is 5.11 Å². The Kier molecular flexibility index (Phi) is 1.76. The summed E-state index contributed by atoms with van der Waals surface area (Å²) in [5.74, 6) is 0.871. The van der Waals surface area contributed by atoms with Gasteiger partial charge in [0.25, 0.3) is 0 Å². The maximum absolute atomic E-state index is 11.5. The summed E-state index contributed by atoms with van der Waals surface area (Å²) in [5.41, 5.74) is 0.542. The van der Waals surface area contributed by atoms with Crippen molar-refractivity contribution in [2.75, 3.05) is 5.32 Å². The first-order valence-corrected chi connectivity index (χ1v) is 4.43. The quantitative estimate of drug-likeness (QED) is 0.678. The van der Waals surface area contributed by atoms with E-state index in [1.54, 1.807) is 12.4 Å². The zero-order valence-corrected chi connectivity index (χ0v) is 7.74. The third-order valence-corrected chi connectivity index (χ3v) is 2.18. The van der Waals surface area contributed by atoms with Crippen LogP contribution in [0.4, 0.5) is 5.82 Å². The van der Waals surface area contributed by atoms with Gasteiger partial charge in [-0.2, -0.15) is 0 Å². The molecule has 0 aliphatic carbocycles. The van der Waals surface area contributed by atoms with E-state index in [0.29, 0.717) is 5.69 Å². The second kappa shape index (κ2) is 2.80. The minimum atomic E-state index is 0.0217. The topological polar surface area (TPSA) is 52.9 Å². The summed E-state index contributed by atoms with van der Waals surface area (Å²) in [6, 6.07) is 0.0991. The van der Waals surface area contributed by atoms with Gasteiger partial charge in [0.15, 0.2) is 0 Å². The number of imidazole rings is 1. The van der Waals surface area contributed by atoms with Crippen LogP contribution in [0, 0.1) is 0 Å². The number of aromatic nitrogens is 2. The molecule has 1 N–H and O–H groups in total. The first kappa shape index (κ1) is 8.16. The predicted octanol–water partition coefficient (Wildman–Crippen LogP) is 0.418. The zero-order chi connectivity index (χ0) is 9.42. The molecule has 1 aromatic rings. The van der Waals surface area contributed by atoms with Crippen molar-refractivity contribution in [3.8, 4) is 0 Å². The smallest absolute Gasteiger partial charge is 0.133 e. The van der Waals surface area contributed by atoms with Gasteiger partial charge in [-0.3, -0.25) is 0 Å². The van der Waals surface area contributed by atoms with Crippen LogP contribution in [-0.2, 0) is 6.54 Å². The van der Waals surface area contributed by atoms with E-state index in [1.165, 1.54) is 0 Å². The van der Waals surface area contributed by atoms with Crippen molar-refractivity contribution in [2.24, 2.45) is 0 Å². The summed E-state index contributed by atoms with van der Waals surface area (Å²) in [5, 5.41) is 14.7. The molecule has 1 aliphatic heterocycles. The molecule has 4 nitrogen and oxygen atoms in total. The fourth-order valence-electron chi connectivity index (χ4n) is 1.52. The largest absolute Gasteiger partial charge is 0.871 e. The summed E-state index contributed by atoms with van der Waals surface area (Å²) in [7, 11) is 0. The molecule has 0 fully saturated rings. The van der Waals surface area contributed by atoms with E-state index in [4.69, 9.17) is 0 Å². The Morgan fingerprint density at radius 2 is 2.46 bits per heavy atom.